The predicted molar refractivity (Wildman–Crippen MR) is 128 cm³/mol. The molecule has 32 heavy (non-hydrogen) atoms. The van der Waals surface area contributed by atoms with Crippen molar-refractivity contribution in [1.82, 2.24) is 4.90 Å². The lowest BCUT2D eigenvalue weighted by atomic mass is 10.0. The van der Waals surface area contributed by atoms with Gasteiger partial charge in [0.1, 0.15) is 12.4 Å². The van der Waals surface area contributed by atoms with Crippen LogP contribution in [-0.2, 0) is 11.2 Å². The highest BCUT2D eigenvalue weighted by atomic mass is 35.5. The van der Waals surface area contributed by atoms with Crippen molar-refractivity contribution in [2.24, 2.45) is 0 Å². The number of imide groups is 1. The number of hydrogen-bond acceptors (Lipinski definition) is 6. The summed E-state index contributed by atoms with van der Waals surface area (Å²) in [6.45, 7) is 6.41. The molecular formula is C24H24ClNO5S. The van der Waals surface area contributed by atoms with Crippen LogP contribution in [0.1, 0.15) is 18.1 Å². The Hall–Kier alpha value is -2.90. The van der Waals surface area contributed by atoms with Crippen molar-refractivity contribution in [2.75, 3.05) is 26.9 Å². The predicted octanol–water partition coefficient (Wildman–Crippen LogP) is 5.59. The van der Waals surface area contributed by atoms with Gasteiger partial charge in [-0.05, 0) is 61.0 Å². The van der Waals surface area contributed by atoms with Gasteiger partial charge in [-0.15, -0.1) is 6.58 Å². The number of benzene rings is 2. The minimum absolute atomic E-state index is 0.127. The molecule has 1 aliphatic heterocycles. The number of thioether (sulfide) groups is 1. The van der Waals surface area contributed by atoms with Crippen molar-refractivity contribution in [2.45, 2.75) is 13.3 Å². The van der Waals surface area contributed by atoms with E-state index in [0.29, 0.717) is 40.2 Å². The number of methoxy groups -OCH3 is 1. The van der Waals surface area contributed by atoms with Gasteiger partial charge in [-0.1, -0.05) is 29.8 Å². The van der Waals surface area contributed by atoms with E-state index in [1.165, 1.54) is 4.90 Å². The average Bonchev–Trinajstić information content (AvgIpc) is 3.03. The quantitative estimate of drug-likeness (QED) is 0.331. The Balaban J connectivity index is 1.77. The van der Waals surface area contributed by atoms with Crippen molar-refractivity contribution in [3.63, 3.8) is 0 Å². The molecule has 3 rings (SSSR count). The lowest BCUT2D eigenvalue weighted by molar-refractivity contribution is -0.123. The van der Waals surface area contributed by atoms with Gasteiger partial charge in [-0.2, -0.15) is 0 Å². The van der Waals surface area contributed by atoms with E-state index in [-0.39, 0.29) is 24.3 Å². The SMILES string of the molecule is C=CCc1cc(/C=C2\SC(=O)N(CCOc3ccccc3Cl)C2=O)cc(OCC)c1OC. The summed E-state index contributed by atoms with van der Waals surface area (Å²) in [6, 6.07) is 10.7. The fourth-order valence-electron chi connectivity index (χ4n) is 3.22. The van der Waals surface area contributed by atoms with Crippen molar-refractivity contribution in [3.05, 3.63) is 70.1 Å². The Morgan fingerprint density at radius 3 is 2.62 bits per heavy atom. The standard InChI is InChI=1S/C24H24ClNO5S/c1-4-8-17-13-16(14-20(30-5-2)22(17)29-3)15-21-23(27)26(24(28)32-21)11-12-31-19-10-7-6-9-18(19)25/h4,6-7,9-10,13-15H,1,5,8,11-12H2,2-3H3/b21-15-. The number of halogens is 1. The molecule has 0 N–H and O–H groups in total. The molecule has 0 spiro atoms. The third-order valence-electron chi connectivity index (χ3n) is 4.60. The molecule has 0 bridgehead atoms. The molecule has 0 saturated carbocycles. The zero-order chi connectivity index (χ0) is 23.1. The zero-order valence-corrected chi connectivity index (χ0v) is 19.5. The normalized spacial score (nSPS) is 14.7. The lowest BCUT2D eigenvalue weighted by Crippen LogP contribution is -2.32. The van der Waals surface area contributed by atoms with E-state index in [1.807, 2.05) is 13.0 Å². The summed E-state index contributed by atoms with van der Waals surface area (Å²) in [4.78, 5) is 26.8. The van der Waals surface area contributed by atoms with Gasteiger partial charge in [0, 0.05) is 5.56 Å². The van der Waals surface area contributed by atoms with Gasteiger partial charge in [0.2, 0.25) is 0 Å². The van der Waals surface area contributed by atoms with Crippen molar-refractivity contribution < 1.29 is 23.8 Å². The van der Waals surface area contributed by atoms with Gasteiger partial charge in [-0.25, -0.2) is 0 Å². The second kappa shape index (κ2) is 11.1. The molecule has 168 valence electrons. The third kappa shape index (κ3) is 5.47. The fraction of sp³-hybridized carbons (Fsp3) is 0.250. The third-order valence-corrected chi connectivity index (χ3v) is 5.82. The average molecular weight is 474 g/mol. The Morgan fingerprint density at radius 2 is 1.94 bits per heavy atom. The number of rotatable bonds is 10. The van der Waals surface area contributed by atoms with Crippen LogP contribution >= 0.6 is 23.4 Å². The maximum absolute atomic E-state index is 12.8. The first-order chi connectivity index (χ1) is 15.5. The van der Waals surface area contributed by atoms with Crippen LogP contribution in [0.2, 0.25) is 5.02 Å². The van der Waals surface area contributed by atoms with Gasteiger partial charge in [0.25, 0.3) is 11.1 Å². The van der Waals surface area contributed by atoms with Crippen LogP contribution in [0.15, 0.2) is 54.0 Å². The molecule has 1 fully saturated rings. The topological polar surface area (TPSA) is 65.1 Å². The minimum Gasteiger partial charge on any atom is -0.493 e. The largest absolute Gasteiger partial charge is 0.493 e. The first kappa shape index (κ1) is 23.8. The van der Waals surface area contributed by atoms with Crippen LogP contribution in [0.25, 0.3) is 6.08 Å². The highest BCUT2D eigenvalue weighted by Gasteiger charge is 2.35. The highest BCUT2D eigenvalue weighted by molar-refractivity contribution is 8.18. The molecule has 0 radical (unpaired) electrons. The van der Waals surface area contributed by atoms with Gasteiger partial charge >= 0.3 is 0 Å². The van der Waals surface area contributed by atoms with Crippen LogP contribution in [0.4, 0.5) is 4.79 Å². The number of para-hydroxylation sites is 1. The van der Waals surface area contributed by atoms with E-state index >= 15 is 0 Å². The van der Waals surface area contributed by atoms with Gasteiger partial charge in [0.05, 0.1) is 30.2 Å². The minimum atomic E-state index is -0.359. The Labute approximate surface area is 196 Å². The molecule has 0 aliphatic carbocycles. The molecule has 1 aliphatic rings. The first-order valence-corrected chi connectivity index (χ1v) is 11.2. The van der Waals surface area contributed by atoms with Crippen molar-refractivity contribution in [3.8, 4) is 17.2 Å². The maximum atomic E-state index is 12.8. The summed E-state index contributed by atoms with van der Waals surface area (Å²) < 4.78 is 16.8. The van der Waals surface area contributed by atoms with Crippen LogP contribution in [0.5, 0.6) is 17.2 Å². The number of nitrogens with zero attached hydrogens (tertiary/aromatic N) is 1. The number of carbonyl (C=O) groups is 2. The van der Waals surface area contributed by atoms with Crippen molar-refractivity contribution in [1.29, 1.82) is 0 Å². The lowest BCUT2D eigenvalue weighted by Gasteiger charge is -2.15. The Morgan fingerprint density at radius 1 is 1.16 bits per heavy atom. The number of carbonyl (C=O) groups excluding carboxylic acids is 2. The molecule has 1 heterocycles. The van der Waals surface area contributed by atoms with E-state index in [0.717, 1.165) is 22.9 Å². The van der Waals surface area contributed by atoms with Gasteiger partial charge in [0.15, 0.2) is 11.5 Å². The summed E-state index contributed by atoms with van der Waals surface area (Å²) >= 11 is 6.97. The number of allylic oxidation sites excluding steroid dienone is 1. The summed E-state index contributed by atoms with van der Waals surface area (Å²) in [7, 11) is 1.58. The second-order valence-corrected chi connectivity index (χ2v) is 8.15. The summed E-state index contributed by atoms with van der Waals surface area (Å²) in [5.41, 5.74) is 1.62. The number of hydrogen-bond donors (Lipinski definition) is 0. The fourth-order valence-corrected chi connectivity index (χ4v) is 4.28. The first-order valence-electron chi connectivity index (χ1n) is 10.1. The van der Waals surface area contributed by atoms with Crippen LogP contribution in [-0.4, -0.2) is 42.9 Å². The van der Waals surface area contributed by atoms with Crippen molar-refractivity contribution >= 4 is 40.6 Å². The number of amides is 2. The summed E-state index contributed by atoms with van der Waals surface area (Å²) in [6.07, 6.45) is 4.03. The van der Waals surface area contributed by atoms with Crippen LogP contribution in [0.3, 0.4) is 0 Å². The maximum Gasteiger partial charge on any atom is 0.293 e. The summed E-state index contributed by atoms with van der Waals surface area (Å²) in [5.74, 6) is 1.36. The van der Waals surface area contributed by atoms with E-state index in [9.17, 15) is 9.59 Å². The van der Waals surface area contributed by atoms with Crippen LogP contribution in [0, 0.1) is 0 Å². The van der Waals surface area contributed by atoms with E-state index < -0.39 is 0 Å². The molecule has 6 nitrogen and oxygen atoms in total. The molecule has 1 saturated heterocycles. The second-order valence-electron chi connectivity index (χ2n) is 6.75. The molecule has 0 unspecified atom stereocenters. The zero-order valence-electron chi connectivity index (χ0n) is 17.9. The molecule has 2 aromatic rings. The number of ether oxygens (including phenoxy) is 3. The monoisotopic (exact) mass is 473 g/mol. The van der Waals surface area contributed by atoms with Gasteiger partial charge in [-0.3, -0.25) is 14.5 Å². The summed E-state index contributed by atoms with van der Waals surface area (Å²) in [5, 5.41) is 0.135. The molecule has 0 atom stereocenters. The Kier molecular flexibility index (Phi) is 8.25. The highest BCUT2D eigenvalue weighted by Crippen LogP contribution is 2.37. The van der Waals surface area contributed by atoms with E-state index in [1.54, 1.807) is 49.6 Å². The van der Waals surface area contributed by atoms with Crippen LogP contribution < -0.4 is 14.2 Å². The molecule has 0 aromatic heterocycles. The molecule has 2 aromatic carbocycles. The van der Waals surface area contributed by atoms with Gasteiger partial charge < -0.3 is 14.2 Å². The molecule has 8 heteroatoms. The molecule has 2 amide bonds. The smallest absolute Gasteiger partial charge is 0.293 e. The van der Waals surface area contributed by atoms with E-state index in [4.69, 9.17) is 25.8 Å². The molecular weight excluding hydrogens is 450 g/mol. The Bertz CT molecular complexity index is 1050. The van der Waals surface area contributed by atoms with E-state index in [2.05, 4.69) is 6.58 Å².